The average Bonchev–Trinajstić information content (AvgIpc) is 2.14. The SMILES string of the molecule is CC1(C)[C@@H](Br)CC=C(C(Cl)CBr)[C@@H]1Cl. The summed E-state index contributed by atoms with van der Waals surface area (Å²) in [6, 6.07) is 0. The molecule has 0 aliphatic heterocycles. The molecule has 1 rings (SSSR count). The van der Waals surface area contributed by atoms with E-state index >= 15 is 0 Å². The third kappa shape index (κ3) is 2.50. The van der Waals surface area contributed by atoms with E-state index < -0.39 is 0 Å². The Kier molecular flexibility index (Phi) is 4.84. The lowest BCUT2D eigenvalue weighted by Gasteiger charge is -2.40. The minimum Gasteiger partial charge on any atom is -0.117 e. The lowest BCUT2D eigenvalue weighted by Crippen LogP contribution is -2.40. The standard InChI is InChI=1S/C10H14Br2Cl2/c1-10(2)8(12)4-3-6(9(10)14)7(13)5-11/h3,7-9H,4-5H2,1-2H3/t7?,8-,9-/m0/s1. The summed E-state index contributed by atoms with van der Waals surface area (Å²) in [5, 5.41) is 0.782. The van der Waals surface area contributed by atoms with Crippen LogP contribution in [0.15, 0.2) is 11.6 Å². The Morgan fingerprint density at radius 3 is 2.71 bits per heavy atom. The number of alkyl halides is 4. The summed E-state index contributed by atoms with van der Waals surface area (Å²) < 4.78 is 0. The number of rotatable bonds is 2. The molecule has 0 fully saturated rings. The molecule has 0 nitrogen and oxygen atoms in total. The number of allylic oxidation sites excluding steroid dienone is 2. The Labute approximate surface area is 113 Å². The van der Waals surface area contributed by atoms with Crippen molar-refractivity contribution in [1.29, 1.82) is 0 Å². The van der Waals surface area contributed by atoms with E-state index in [9.17, 15) is 0 Å². The Hall–Kier alpha value is 1.28. The topological polar surface area (TPSA) is 0 Å². The molecule has 0 saturated carbocycles. The van der Waals surface area contributed by atoms with Gasteiger partial charge in [-0.25, -0.2) is 0 Å². The fourth-order valence-corrected chi connectivity index (χ4v) is 3.26. The molecule has 0 N–H and O–H groups in total. The molecule has 0 amide bonds. The maximum atomic E-state index is 6.44. The third-order valence-electron chi connectivity index (χ3n) is 2.81. The van der Waals surface area contributed by atoms with Crippen molar-refractivity contribution in [3.05, 3.63) is 11.6 Å². The van der Waals surface area contributed by atoms with E-state index in [2.05, 4.69) is 51.8 Å². The molecule has 0 saturated heterocycles. The van der Waals surface area contributed by atoms with Gasteiger partial charge in [-0.3, -0.25) is 0 Å². The number of hydrogen-bond donors (Lipinski definition) is 0. The highest BCUT2D eigenvalue weighted by atomic mass is 79.9. The van der Waals surface area contributed by atoms with Crippen molar-refractivity contribution in [1.82, 2.24) is 0 Å². The van der Waals surface area contributed by atoms with Crippen LogP contribution in [-0.4, -0.2) is 20.9 Å². The van der Waals surface area contributed by atoms with Crippen molar-refractivity contribution >= 4 is 55.1 Å². The molecule has 0 aromatic heterocycles. The van der Waals surface area contributed by atoms with Crippen LogP contribution in [0.2, 0.25) is 0 Å². The summed E-state index contributed by atoms with van der Waals surface area (Å²) >= 11 is 19.7. The monoisotopic (exact) mass is 362 g/mol. The molecular weight excluding hydrogens is 351 g/mol. The van der Waals surface area contributed by atoms with E-state index in [1.807, 2.05) is 0 Å². The van der Waals surface area contributed by atoms with Gasteiger partial charge in [0.15, 0.2) is 0 Å². The second-order valence-corrected chi connectivity index (χ2v) is 6.93. The van der Waals surface area contributed by atoms with Crippen molar-refractivity contribution in [3.63, 3.8) is 0 Å². The van der Waals surface area contributed by atoms with Crippen LogP contribution >= 0.6 is 55.1 Å². The summed E-state index contributed by atoms with van der Waals surface area (Å²) in [5.41, 5.74) is 1.21. The van der Waals surface area contributed by atoms with Gasteiger partial charge in [-0.1, -0.05) is 51.8 Å². The van der Waals surface area contributed by atoms with Gasteiger partial charge in [-0.15, -0.1) is 23.2 Å². The fourth-order valence-electron chi connectivity index (χ4n) is 1.61. The molecule has 82 valence electrons. The Morgan fingerprint density at radius 2 is 2.21 bits per heavy atom. The smallest absolute Gasteiger partial charge is 0.0656 e. The predicted octanol–water partition coefficient (Wildman–Crippen LogP) is 4.72. The molecule has 4 heteroatoms. The molecule has 0 bridgehead atoms. The summed E-state index contributed by atoms with van der Waals surface area (Å²) in [6.07, 6.45) is 3.17. The number of halogens is 4. The largest absolute Gasteiger partial charge is 0.117 e. The molecule has 0 spiro atoms. The van der Waals surface area contributed by atoms with E-state index in [1.54, 1.807) is 0 Å². The van der Waals surface area contributed by atoms with Crippen LogP contribution in [0, 0.1) is 5.41 Å². The zero-order valence-electron chi connectivity index (χ0n) is 8.24. The Balaban J connectivity index is 2.90. The van der Waals surface area contributed by atoms with Gasteiger partial charge in [0.25, 0.3) is 0 Å². The first-order chi connectivity index (χ1) is 6.41. The summed E-state index contributed by atoms with van der Waals surface area (Å²) in [7, 11) is 0. The van der Waals surface area contributed by atoms with E-state index in [0.29, 0.717) is 4.83 Å². The van der Waals surface area contributed by atoms with Crippen LogP contribution in [0.5, 0.6) is 0 Å². The lowest BCUT2D eigenvalue weighted by molar-refractivity contribution is 0.341. The molecule has 1 aliphatic rings. The van der Waals surface area contributed by atoms with E-state index in [1.165, 1.54) is 0 Å². The summed E-state index contributed by atoms with van der Waals surface area (Å²) in [5.74, 6) is 0. The van der Waals surface area contributed by atoms with E-state index in [-0.39, 0.29) is 16.2 Å². The zero-order chi connectivity index (χ0) is 10.9. The van der Waals surface area contributed by atoms with Crippen LogP contribution in [0.1, 0.15) is 20.3 Å². The molecule has 3 atom stereocenters. The van der Waals surface area contributed by atoms with Crippen LogP contribution < -0.4 is 0 Å². The minimum atomic E-state index is 0.0109. The lowest BCUT2D eigenvalue weighted by atomic mass is 9.76. The quantitative estimate of drug-likeness (QED) is 0.491. The van der Waals surface area contributed by atoms with Crippen LogP contribution in [0.4, 0.5) is 0 Å². The van der Waals surface area contributed by atoms with Crippen LogP contribution in [-0.2, 0) is 0 Å². The first-order valence-corrected chi connectivity index (χ1v) is 7.50. The Morgan fingerprint density at radius 1 is 1.64 bits per heavy atom. The van der Waals surface area contributed by atoms with Crippen molar-refractivity contribution in [3.8, 4) is 0 Å². The highest BCUT2D eigenvalue weighted by molar-refractivity contribution is 9.09. The van der Waals surface area contributed by atoms with Gasteiger partial charge in [0.1, 0.15) is 0 Å². The van der Waals surface area contributed by atoms with Gasteiger partial charge in [0, 0.05) is 10.2 Å². The zero-order valence-corrected chi connectivity index (χ0v) is 12.9. The summed E-state index contributed by atoms with van der Waals surface area (Å²) in [6.45, 7) is 4.35. The molecule has 1 aliphatic carbocycles. The van der Waals surface area contributed by atoms with Gasteiger partial charge in [-0.05, 0) is 17.4 Å². The van der Waals surface area contributed by atoms with Crippen molar-refractivity contribution in [2.45, 2.75) is 35.8 Å². The maximum Gasteiger partial charge on any atom is 0.0656 e. The van der Waals surface area contributed by atoms with Crippen LogP contribution in [0.25, 0.3) is 0 Å². The number of hydrogen-bond acceptors (Lipinski definition) is 0. The predicted molar refractivity (Wildman–Crippen MR) is 72.3 cm³/mol. The van der Waals surface area contributed by atoms with E-state index in [4.69, 9.17) is 23.2 Å². The molecule has 0 radical (unpaired) electrons. The molecular formula is C10H14Br2Cl2. The van der Waals surface area contributed by atoms with Gasteiger partial charge >= 0.3 is 0 Å². The van der Waals surface area contributed by atoms with E-state index in [0.717, 1.165) is 17.3 Å². The summed E-state index contributed by atoms with van der Waals surface area (Å²) in [4.78, 5) is 0.431. The normalized spacial score (nSPS) is 33.7. The second kappa shape index (κ2) is 5.07. The average molecular weight is 365 g/mol. The fraction of sp³-hybridized carbons (Fsp3) is 0.800. The first-order valence-electron chi connectivity index (χ1n) is 4.59. The molecule has 0 aromatic carbocycles. The first kappa shape index (κ1) is 13.3. The van der Waals surface area contributed by atoms with Crippen LogP contribution in [0.3, 0.4) is 0 Å². The minimum absolute atomic E-state index is 0.0109. The Bertz CT molecular complexity index is 238. The second-order valence-electron chi connectivity index (χ2n) is 4.21. The highest BCUT2D eigenvalue weighted by Crippen LogP contribution is 2.45. The maximum absolute atomic E-state index is 6.44. The third-order valence-corrected chi connectivity index (χ3v) is 6.61. The van der Waals surface area contributed by atoms with Gasteiger partial charge in [0.05, 0.1) is 10.8 Å². The van der Waals surface area contributed by atoms with Crippen molar-refractivity contribution in [2.75, 3.05) is 5.33 Å². The molecule has 14 heavy (non-hydrogen) atoms. The molecule has 0 aromatic rings. The van der Waals surface area contributed by atoms with Gasteiger partial charge < -0.3 is 0 Å². The molecule has 1 unspecified atom stereocenters. The van der Waals surface area contributed by atoms with Crippen molar-refractivity contribution < 1.29 is 0 Å². The van der Waals surface area contributed by atoms with Gasteiger partial charge in [-0.2, -0.15) is 0 Å². The highest BCUT2D eigenvalue weighted by Gasteiger charge is 2.40. The van der Waals surface area contributed by atoms with Gasteiger partial charge in [0.2, 0.25) is 0 Å². The van der Waals surface area contributed by atoms with Crippen molar-refractivity contribution in [2.24, 2.45) is 5.41 Å². The molecule has 0 heterocycles.